The van der Waals surface area contributed by atoms with Gasteiger partial charge in [0.2, 0.25) is 11.8 Å². The minimum absolute atomic E-state index is 0.170. The molecule has 4 aromatic rings. The molecular weight excluding hydrogens is 464 g/mol. The fourth-order valence-corrected chi connectivity index (χ4v) is 4.53. The number of aryl methyl sites for hydroxylation is 1. The minimum atomic E-state index is -0.556. The van der Waals surface area contributed by atoms with E-state index in [0.717, 1.165) is 10.2 Å². The average Bonchev–Trinajstić information content (AvgIpc) is 3.37. The molecule has 0 bridgehead atoms. The van der Waals surface area contributed by atoms with Crippen molar-refractivity contribution in [3.05, 3.63) is 64.9 Å². The molecule has 0 fully saturated rings. The Labute approximate surface area is 199 Å². The highest BCUT2D eigenvalue weighted by molar-refractivity contribution is 7.21. The number of amides is 1. The van der Waals surface area contributed by atoms with Crippen LogP contribution >= 0.6 is 22.9 Å². The molecule has 0 radical (unpaired) electrons. The Hall–Kier alpha value is -3.36. The molecule has 1 amide bonds. The Morgan fingerprint density at radius 3 is 2.67 bits per heavy atom. The molecule has 33 heavy (non-hydrogen) atoms. The zero-order valence-corrected chi connectivity index (χ0v) is 19.6. The molecule has 2 heterocycles. The van der Waals surface area contributed by atoms with Crippen LogP contribution in [-0.4, -0.2) is 30.6 Å². The van der Waals surface area contributed by atoms with Crippen molar-refractivity contribution < 1.29 is 23.5 Å². The first-order chi connectivity index (χ1) is 16.0. The summed E-state index contributed by atoms with van der Waals surface area (Å²) in [5.41, 5.74) is 1.45. The van der Waals surface area contributed by atoms with Crippen LogP contribution in [0.25, 0.3) is 20.8 Å². The Morgan fingerprint density at radius 1 is 1.15 bits per heavy atom. The molecule has 9 heteroatoms. The maximum absolute atomic E-state index is 12.6. The Kier molecular flexibility index (Phi) is 6.96. The second kappa shape index (κ2) is 10.1. The van der Waals surface area contributed by atoms with Crippen LogP contribution < -0.4 is 10.1 Å². The van der Waals surface area contributed by atoms with Gasteiger partial charge in [-0.15, -0.1) is 11.3 Å². The van der Waals surface area contributed by atoms with Gasteiger partial charge >= 0.3 is 5.97 Å². The van der Waals surface area contributed by atoms with Crippen LogP contribution in [-0.2, 0) is 9.53 Å². The lowest BCUT2D eigenvalue weighted by Gasteiger charge is -2.08. The Balaban J connectivity index is 1.51. The summed E-state index contributed by atoms with van der Waals surface area (Å²) in [4.78, 5) is 29.7. The first-order valence-corrected chi connectivity index (χ1v) is 11.4. The highest BCUT2D eigenvalue weighted by atomic mass is 35.5. The van der Waals surface area contributed by atoms with Crippen molar-refractivity contribution >= 4 is 50.9 Å². The van der Waals surface area contributed by atoms with Crippen LogP contribution in [0, 0.1) is 6.92 Å². The summed E-state index contributed by atoms with van der Waals surface area (Å²) in [5.74, 6) is 0.254. The van der Waals surface area contributed by atoms with E-state index in [0.29, 0.717) is 40.1 Å². The van der Waals surface area contributed by atoms with E-state index in [1.807, 2.05) is 36.4 Å². The normalized spacial score (nSPS) is 10.9. The van der Waals surface area contributed by atoms with Crippen LogP contribution in [0.3, 0.4) is 0 Å². The number of furan rings is 1. The van der Waals surface area contributed by atoms with E-state index < -0.39 is 5.97 Å². The van der Waals surface area contributed by atoms with Gasteiger partial charge in [-0.05, 0) is 37.6 Å². The van der Waals surface area contributed by atoms with E-state index in [4.69, 9.17) is 25.5 Å². The third-order valence-corrected chi connectivity index (χ3v) is 6.24. The lowest BCUT2D eigenvalue weighted by Crippen LogP contribution is -2.13. The van der Waals surface area contributed by atoms with Crippen molar-refractivity contribution in [2.24, 2.45) is 0 Å². The molecule has 0 aliphatic rings. The summed E-state index contributed by atoms with van der Waals surface area (Å²) in [5, 5.41) is 3.85. The molecule has 0 aliphatic heterocycles. The number of rotatable bonds is 8. The third kappa shape index (κ3) is 5.02. The van der Waals surface area contributed by atoms with Gasteiger partial charge in [0, 0.05) is 6.42 Å². The number of aromatic nitrogens is 1. The molecule has 1 N–H and O–H groups in total. The summed E-state index contributed by atoms with van der Waals surface area (Å²) in [6.45, 7) is 1.97. The zero-order chi connectivity index (χ0) is 23.4. The van der Waals surface area contributed by atoms with Crippen molar-refractivity contribution in [3.8, 4) is 16.3 Å². The number of nitrogens with zero attached hydrogens (tertiary/aromatic N) is 1. The number of hydrogen-bond donors (Lipinski definition) is 1. The lowest BCUT2D eigenvalue weighted by molar-refractivity contribution is -0.116. The van der Waals surface area contributed by atoms with Crippen molar-refractivity contribution in [3.63, 3.8) is 0 Å². The van der Waals surface area contributed by atoms with Crippen LogP contribution in [0.4, 0.5) is 5.88 Å². The summed E-state index contributed by atoms with van der Waals surface area (Å²) in [6.07, 6.45) is 0.661. The summed E-state index contributed by atoms with van der Waals surface area (Å²) < 4.78 is 17.3. The van der Waals surface area contributed by atoms with Gasteiger partial charge in [0.1, 0.15) is 22.1 Å². The Morgan fingerprint density at radius 2 is 1.91 bits per heavy atom. The molecule has 0 saturated carbocycles. The van der Waals surface area contributed by atoms with Gasteiger partial charge in [0.25, 0.3) is 0 Å². The molecular formula is C24H21ClN2O5S. The van der Waals surface area contributed by atoms with E-state index in [2.05, 4.69) is 10.3 Å². The van der Waals surface area contributed by atoms with Gasteiger partial charge in [-0.2, -0.15) is 0 Å². The monoisotopic (exact) mass is 484 g/mol. The third-order valence-electron chi connectivity index (χ3n) is 4.88. The van der Waals surface area contributed by atoms with Gasteiger partial charge < -0.3 is 13.9 Å². The van der Waals surface area contributed by atoms with Gasteiger partial charge in [0.15, 0.2) is 0 Å². The first-order valence-electron chi connectivity index (χ1n) is 10.2. The number of para-hydroxylation sites is 2. The number of carbonyl (C=O) groups excluding carboxylic acids is 2. The number of esters is 1. The highest BCUT2D eigenvalue weighted by Crippen LogP contribution is 2.40. The molecule has 0 saturated heterocycles. The zero-order valence-electron chi connectivity index (χ0n) is 18.0. The largest absolute Gasteiger partial charge is 0.492 e. The fourth-order valence-electron chi connectivity index (χ4n) is 3.33. The molecule has 0 spiro atoms. The predicted octanol–water partition coefficient (Wildman–Crippen LogP) is 6.10. The first kappa shape index (κ1) is 22.8. The number of fused-ring (bicyclic) bond motifs is 1. The summed E-state index contributed by atoms with van der Waals surface area (Å²) in [7, 11) is 1.30. The fraction of sp³-hybridized carbons (Fsp3) is 0.208. The van der Waals surface area contributed by atoms with Crippen molar-refractivity contribution in [2.75, 3.05) is 19.0 Å². The molecule has 0 unspecified atom stereocenters. The van der Waals surface area contributed by atoms with Crippen molar-refractivity contribution in [2.45, 2.75) is 19.8 Å². The molecule has 170 valence electrons. The van der Waals surface area contributed by atoms with Gasteiger partial charge in [-0.1, -0.05) is 35.9 Å². The SMILES string of the molecule is COC(=O)c1c(C)oc(NC(=O)CCCOc2ccccc2Cl)c1-c1nc2ccccc2s1. The number of ether oxygens (including phenoxy) is 2. The number of nitrogens with one attached hydrogen (secondary N) is 1. The number of methoxy groups -OCH3 is 1. The average molecular weight is 485 g/mol. The Bertz CT molecular complexity index is 1280. The van der Waals surface area contributed by atoms with Gasteiger partial charge in [0.05, 0.1) is 34.5 Å². The quantitative estimate of drug-likeness (QED) is 0.240. The summed E-state index contributed by atoms with van der Waals surface area (Å²) in [6, 6.07) is 14.8. The number of anilines is 1. The number of hydrogen-bond acceptors (Lipinski definition) is 7. The van der Waals surface area contributed by atoms with Crippen LogP contribution in [0.15, 0.2) is 52.9 Å². The smallest absolute Gasteiger partial charge is 0.342 e. The van der Waals surface area contributed by atoms with E-state index >= 15 is 0 Å². The van der Waals surface area contributed by atoms with Crippen LogP contribution in [0.1, 0.15) is 29.0 Å². The van der Waals surface area contributed by atoms with Crippen molar-refractivity contribution in [1.82, 2.24) is 4.98 Å². The maximum atomic E-state index is 12.6. The standard InChI is InChI=1S/C24H21ClN2O5S/c1-14-20(24(29)30-2)21(23-26-16-9-4-6-11-18(16)33-23)22(32-14)27-19(28)12-7-13-31-17-10-5-3-8-15(17)25/h3-6,8-11H,7,12-13H2,1-2H3,(H,27,28). The number of thiazole rings is 1. The topological polar surface area (TPSA) is 90.7 Å². The molecule has 2 aromatic carbocycles. The van der Waals surface area contributed by atoms with Crippen LogP contribution in [0.5, 0.6) is 5.75 Å². The van der Waals surface area contributed by atoms with Gasteiger partial charge in [-0.3, -0.25) is 10.1 Å². The second-order valence-electron chi connectivity index (χ2n) is 7.15. The summed E-state index contributed by atoms with van der Waals surface area (Å²) >= 11 is 7.48. The lowest BCUT2D eigenvalue weighted by atomic mass is 10.1. The highest BCUT2D eigenvalue weighted by Gasteiger charge is 2.28. The van der Waals surface area contributed by atoms with Crippen LogP contribution in [0.2, 0.25) is 5.02 Å². The number of carbonyl (C=O) groups is 2. The molecule has 7 nitrogen and oxygen atoms in total. The second-order valence-corrected chi connectivity index (χ2v) is 8.58. The minimum Gasteiger partial charge on any atom is -0.492 e. The van der Waals surface area contributed by atoms with Gasteiger partial charge in [-0.25, -0.2) is 9.78 Å². The number of halogens is 1. The van der Waals surface area contributed by atoms with E-state index in [1.165, 1.54) is 18.4 Å². The molecule has 2 aromatic heterocycles. The molecule has 4 rings (SSSR count). The number of benzene rings is 2. The predicted molar refractivity (Wildman–Crippen MR) is 128 cm³/mol. The maximum Gasteiger partial charge on any atom is 0.342 e. The molecule has 0 aliphatic carbocycles. The van der Waals surface area contributed by atoms with E-state index in [9.17, 15) is 9.59 Å². The van der Waals surface area contributed by atoms with E-state index in [-0.39, 0.29) is 23.8 Å². The van der Waals surface area contributed by atoms with Crippen molar-refractivity contribution in [1.29, 1.82) is 0 Å². The molecule has 0 atom stereocenters. The van der Waals surface area contributed by atoms with E-state index in [1.54, 1.807) is 19.1 Å².